The molecule has 1 aromatic rings. The fourth-order valence-electron chi connectivity index (χ4n) is 3.14. The molecule has 1 aliphatic rings. The Morgan fingerprint density at radius 3 is 2.72 bits per heavy atom. The van der Waals surface area contributed by atoms with Gasteiger partial charge < -0.3 is 5.32 Å². The summed E-state index contributed by atoms with van der Waals surface area (Å²) in [6.07, 6.45) is 8.13. The second-order valence-electron chi connectivity index (χ2n) is 5.61. The summed E-state index contributed by atoms with van der Waals surface area (Å²) in [5.74, 6) is 0.895. The fraction of sp³-hybridized carbons (Fsp3) is 0.750. The van der Waals surface area contributed by atoms with Crippen molar-refractivity contribution in [1.29, 1.82) is 0 Å². The van der Waals surface area contributed by atoms with Crippen molar-refractivity contribution >= 4 is 11.3 Å². The maximum Gasteiger partial charge on any atom is 0.0388 e. The van der Waals surface area contributed by atoms with Gasteiger partial charge in [0.25, 0.3) is 0 Å². The molecule has 2 heteroatoms. The Hall–Kier alpha value is -0.340. The maximum atomic E-state index is 3.88. The van der Waals surface area contributed by atoms with E-state index >= 15 is 0 Å². The summed E-state index contributed by atoms with van der Waals surface area (Å²) < 4.78 is 0. The maximum absolute atomic E-state index is 3.88. The van der Waals surface area contributed by atoms with Crippen molar-refractivity contribution in [3.8, 4) is 0 Å². The van der Waals surface area contributed by atoms with Crippen molar-refractivity contribution < 1.29 is 0 Å². The van der Waals surface area contributed by atoms with E-state index in [2.05, 4.69) is 38.2 Å². The Kier molecular flexibility index (Phi) is 5.25. The highest BCUT2D eigenvalue weighted by Crippen LogP contribution is 2.30. The van der Waals surface area contributed by atoms with E-state index in [1.165, 1.54) is 48.3 Å². The minimum atomic E-state index is 0.521. The van der Waals surface area contributed by atoms with Crippen molar-refractivity contribution in [1.82, 2.24) is 5.32 Å². The highest BCUT2D eigenvalue weighted by Gasteiger charge is 2.25. The van der Waals surface area contributed by atoms with Crippen molar-refractivity contribution in [3.63, 3.8) is 0 Å². The smallest absolute Gasteiger partial charge is 0.0388 e. The van der Waals surface area contributed by atoms with Gasteiger partial charge in [-0.1, -0.05) is 33.1 Å². The molecule has 1 aliphatic carbocycles. The molecule has 102 valence electrons. The Morgan fingerprint density at radius 1 is 1.28 bits per heavy atom. The summed E-state index contributed by atoms with van der Waals surface area (Å²) >= 11 is 1.98. The van der Waals surface area contributed by atoms with Crippen LogP contribution in [0.4, 0.5) is 0 Å². The number of hydrogen-bond donors (Lipinski definition) is 1. The van der Waals surface area contributed by atoms with Gasteiger partial charge in [0.15, 0.2) is 0 Å². The van der Waals surface area contributed by atoms with E-state index < -0.39 is 0 Å². The van der Waals surface area contributed by atoms with Crippen LogP contribution in [-0.2, 0) is 6.42 Å². The predicted octanol–water partition coefficient (Wildman–Crippen LogP) is 4.93. The number of rotatable bonds is 5. The molecule has 1 heterocycles. The molecule has 3 atom stereocenters. The van der Waals surface area contributed by atoms with Gasteiger partial charge in [0.05, 0.1) is 0 Å². The van der Waals surface area contributed by atoms with Crippen molar-refractivity contribution in [2.75, 3.05) is 0 Å². The number of nitrogens with one attached hydrogen (secondary N) is 1. The average molecular weight is 265 g/mol. The highest BCUT2D eigenvalue weighted by atomic mass is 32.1. The van der Waals surface area contributed by atoms with Gasteiger partial charge >= 0.3 is 0 Å². The quantitative estimate of drug-likeness (QED) is 0.796. The summed E-state index contributed by atoms with van der Waals surface area (Å²) in [5.41, 5.74) is 0. The van der Waals surface area contributed by atoms with Gasteiger partial charge in [-0.2, -0.15) is 0 Å². The predicted molar refractivity (Wildman–Crippen MR) is 81.3 cm³/mol. The molecule has 1 aromatic heterocycles. The van der Waals surface area contributed by atoms with Crippen LogP contribution in [0.25, 0.3) is 0 Å². The Labute approximate surface area is 116 Å². The molecule has 1 nitrogen and oxygen atoms in total. The number of aryl methyl sites for hydroxylation is 1. The molecule has 0 aliphatic heterocycles. The summed E-state index contributed by atoms with van der Waals surface area (Å²) in [5, 5.41) is 3.88. The first-order chi connectivity index (χ1) is 8.74. The zero-order valence-electron chi connectivity index (χ0n) is 12.0. The molecule has 0 amide bonds. The average Bonchev–Trinajstić information content (AvgIpc) is 2.88. The molecule has 0 aromatic carbocycles. The molecular formula is C16H27NS. The standard InChI is InChI=1S/C16H27NS/c1-4-13-8-6-7-9-15(13)17-12(3)16-11-10-14(5-2)18-16/h10-13,15,17H,4-9H2,1-3H3. The van der Waals surface area contributed by atoms with Crippen LogP contribution in [0.3, 0.4) is 0 Å². The third-order valence-electron chi connectivity index (χ3n) is 4.36. The molecule has 0 saturated heterocycles. The third kappa shape index (κ3) is 3.36. The van der Waals surface area contributed by atoms with E-state index in [0.717, 1.165) is 12.0 Å². The highest BCUT2D eigenvalue weighted by molar-refractivity contribution is 7.12. The first-order valence-electron chi connectivity index (χ1n) is 7.59. The zero-order chi connectivity index (χ0) is 13.0. The topological polar surface area (TPSA) is 12.0 Å². The van der Waals surface area contributed by atoms with E-state index in [9.17, 15) is 0 Å². The minimum Gasteiger partial charge on any atom is -0.306 e. The molecule has 1 fully saturated rings. The van der Waals surface area contributed by atoms with Crippen LogP contribution < -0.4 is 5.32 Å². The third-order valence-corrected chi connectivity index (χ3v) is 5.77. The lowest BCUT2D eigenvalue weighted by atomic mass is 9.82. The van der Waals surface area contributed by atoms with E-state index in [0.29, 0.717) is 6.04 Å². The van der Waals surface area contributed by atoms with Crippen LogP contribution in [0.1, 0.15) is 68.7 Å². The first kappa shape index (κ1) is 14.1. The second kappa shape index (κ2) is 6.72. The van der Waals surface area contributed by atoms with Gasteiger partial charge in [-0.05, 0) is 44.2 Å². The van der Waals surface area contributed by atoms with Crippen LogP contribution >= 0.6 is 11.3 Å². The van der Waals surface area contributed by atoms with Crippen LogP contribution in [0.2, 0.25) is 0 Å². The normalized spacial score (nSPS) is 26.2. The summed E-state index contributed by atoms with van der Waals surface area (Å²) in [4.78, 5) is 3.02. The van der Waals surface area contributed by atoms with Gasteiger partial charge in [-0.15, -0.1) is 11.3 Å². The van der Waals surface area contributed by atoms with Crippen LogP contribution in [-0.4, -0.2) is 6.04 Å². The number of thiophene rings is 1. The van der Waals surface area contributed by atoms with Gasteiger partial charge in [-0.25, -0.2) is 0 Å². The van der Waals surface area contributed by atoms with Gasteiger partial charge in [-0.3, -0.25) is 0 Å². The lowest BCUT2D eigenvalue weighted by Crippen LogP contribution is -2.39. The van der Waals surface area contributed by atoms with Gasteiger partial charge in [0, 0.05) is 21.8 Å². The van der Waals surface area contributed by atoms with Crippen molar-refractivity contribution in [2.24, 2.45) is 5.92 Å². The summed E-state index contributed by atoms with van der Waals surface area (Å²) in [7, 11) is 0. The lowest BCUT2D eigenvalue weighted by Gasteiger charge is -2.33. The molecule has 0 radical (unpaired) electrons. The molecule has 1 saturated carbocycles. The Balaban J connectivity index is 1.94. The van der Waals surface area contributed by atoms with Crippen molar-refractivity contribution in [2.45, 2.75) is 71.4 Å². The van der Waals surface area contributed by atoms with Crippen molar-refractivity contribution in [3.05, 3.63) is 21.9 Å². The summed E-state index contributed by atoms with van der Waals surface area (Å²) in [6, 6.07) is 5.86. The number of hydrogen-bond acceptors (Lipinski definition) is 2. The summed E-state index contributed by atoms with van der Waals surface area (Å²) in [6.45, 7) is 6.91. The molecule has 0 bridgehead atoms. The molecule has 18 heavy (non-hydrogen) atoms. The monoisotopic (exact) mass is 265 g/mol. The Morgan fingerprint density at radius 2 is 2.06 bits per heavy atom. The molecule has 2 rings (SSSR count). The van der Waals surface area contributed by atoms with E-state index in [1.54, 1.807) is 0 Å². The fourth-order valence-corrected chi connectivity index (χ4v) is 4.10. The molecule has 1 N–H and O–H groups in total. The largest absolute Gasteiger partial charge is 0.306 e. The molecule has 3 unspecified atom stereocenters. The van der Waals surface area contributed by atoms with Crippen LogP contribution in [0, 0.1) is 5.92 Å². The van der Waals surface area contributed by atoms with E-state index in [4.69, 9.17) is 0 Å². The molecular weight excluding hydrogens is 238 g/mol. The molecule has 0 spiro atoms. The van der Waals surface area contributed by atoms with Gasteiger partial charge in [0.1, 0.15) is 0 Å². The SMILES string of the molecule is CCc1ccc(C(C)NC2CCCCC2CC)s1. The second-order valence-corrected chi connectivity index (χ2v) is 6.81. The van der Waals surface area contributed by atoms with E-state index in [-0.39, 0.29) is 0 Å². The van der Waals surface area contributed by atoms with Gasteiger partial charge in [0.2, 0.25) is 0 Å². The van der Waals surface area contributed by atoms with E-state index in [1.807, 2.05) is 11.3 Å². The first-order valence-corrected chi connectivity index (χ1v) is 8.40. The zero-order valence-corrected chi connectivity index (χ0v) is 12.9. The minimum absolute atomic E-state index is 0.521. The van der Waals surface area contributed by atoms with Crippen LogP contribution in [0.5, 0.6) is 0 Å². The lowest BCUT2D eigenvalue weighted by molar-refractivity contribution is 0.241. The van der Waals surface area contributed by atoms with Crippen LogP contribution in [0.15, 0.2) is 12.1 Å². The Bertz CT molecular complexity index is 358.